The second-order valence-electron chi connectivity index (χ2n) is 6.71. The number of aromatic amines is 1. The number of carbonyl (C=O) groups is 1. The van der Waals surface area contributed by atoms with Crippen molar-refractivity contribution in [3.05, 3.63) is 66.5 Å². The van der Waals surface area contributed by atoms with Gasteiger partial charge in [0.05, 0.1) is 32.5 Å². The van der Waals surface area contributed by atoms with E-state index in [1.807, 2.05) is 48.5 Å². The van der Waals surface area contributed by atoms with Gasteiger partial charge in [-0.3, -0.25) is 10.00 Å². The third-order valence-corrected chi connectivity index (χ3v) is 5.02. The van der Waals surface area contributed by atoms with Crippen LogP contribution >= 0.6 is 0 Å². The zero-order valence-electron chi connectivity index (χ0n) is 15.6. The SMILES string of the molecule is COc1cc(N2CC(CO)N(Cc3ccccc3)C2=O)ccc1-c1cn[nH]c1. The van der Waals surface area contributed by atoms with Gasteiger partial charge in [-0.2, -0.15) is 5.10 Å². The van der Waals surface area contributed by atoms with Crippen molar-refractivity contribution in [2.24, 2.45) is 0 Å². The van der Waals surface area contributed by atoms with E-state index < -0.39 is 0 Å². The van der Waals surface area contributed by atoms with E-state index in [0.29, 0.717) is 18.8 Å². The quantitative estimate of drug-likeness (QED) is 0.691. The Kier molecular flexibility index (Phi) is 4.99. The number of rotatable bonds is 6. The van der Waals surface area contributed by atoms with Crippen molar-refractivity contribution in [2.75, 3.05) is 25.2 Å². The van der Waals surface area contributed by atoms with E-state index in [-0.39, 0.29) is 18.7 Å². The topological polar surface area (TPSA) is 81.7 Å². The predicted octanol–water partition coefficient (Wildman–Crippen LogP) is 2.89. The lowest BCUT2D eigenvalue weighted by molar-refractivity contribution is 0.162. The molecule has 0 aliphatic carbocycles. The first-order chi connectivity index (χ1) is 13.7. The highest BCUT2D eigenvalue weighted by molar-refractivity contribution is 5.95. The van der Waals surface area contributed by atoms with Crippen molar-refractivity contribution in [3.63, 3.8) is 0 Å². The summed E-state index contributed by atoms with van der Waals surface area (Å²) in [6, 6.07) is 15.1. The zero-order chi connectivity index (χ0) is 19.5. The lowest BCUT2D eigenvalue weighted by Crippen LogP contribution is -2.36. The van der Waals surface area contributed by atoms with Crippen molar-refractivity contribution in [1.82, 2.24) is 15.1 Å². The monoisotopic (exact) mass is 378 g/mol. The summed E-state index contributed by atoms with van der Waals surface area (Å²) in [4.78, 5) is 16.5. The average Bonchev–Trinajstić information content (AvgIpc) is 3.37. The van der Waals surface area contributed by atoms with Gasteiger partial charge in [-0.05, 0) is 17.7 Å². The number of methoxy groups -OCH3 is 1. The van der Waals surface area contributed by atoms with E-state index in [2.05, 4.69) is 10.2 Å². The minimum atomic E-state index is -0.257. The Labute approximate surface area is 163 Å². The molecule has 1 fully saturated rings. The van der Waals surface area contributed by atoms with Gasteiger partial charge in [-0.1, -0.05) is 30.3 Å². The molecule has 7 nitrogen and oxygen atoms in total. The summed E-state index contributed by atoms with van der Waals surface area (Å²) < 4.78 is 5.54. The molecule has 4 rings (SSSR count). The summed E-state index contributed by atoms with van der Waals surface area (Å²) >= 11 is 0. The van der Waals surface area contributed by atoms with E-state index in [0.717, 1.165) is 22.4 Å². The summed E-state index contributed by atoms with van der Waals surface area (Å²) in [6.45, 7) is 0.807. The van der Waals surface area contributed by atoms with Crippen molar-refractivity contribution in [1.29, 1.82) is 0 Å². The maximum atomic E-state index is 13.1. The number of nitrogens with zero attached hydrogens (tertiary/aromatic N) is 3. The van der Waals surface area contributed by atoms with E-state index in [4.69, 9.17) is 4.74 Å². The van der Waals surface area contributed by atoms with E-state index in [1.54, 1.807) is 29.3 Å². The molecule has 2 N–H and O–H groups in total. The van der Waals surface area contributed by atoms with Crippen molar-refractivity contribution >= 4 is 11.7 Å². The molecule has 2 amide bonds. The van der Waals surface area contributed by atoms with Gasteiger partial charge in [0.2, 0.25) is 0 Å². The molecule has 1 saturated heterocycles. The van der Waals surface area contributed by atoms with Gasteiger partial charge in [0.25, 0.3) is 0 Å². The lowest BCUT2D eigenvalue weighted by Gasteiger charge is -2.22. The van der Waals surface area contributed by atoms with Crippen molar-refractivity contribution in [2.45, 2.75) is 12.6 Å². The number of aromatic nitrogens is 2. The number of hydrogen-bond acceptors (Lipinski definition) is 4. The maximum absolute atomic E-state index is 13.1. The van der Waals surface area contributed by atoms with Crippen LogP contribution in [0, 0.1) is 0 Å². The standard InChI is InChI=1S/C21H22N4O3/c1-28-20-9-17(7-8-19(20)16-10-22-23-11-16)25-13-18(14-26)24(21(25)27)12-15-5-3-2-4-6-15/h2-11,18,26H,12-14H2,1H3,(H,22,23). The first kappa shape index (κ1) is 18.1. The van der Waals surface area contributed by atoms with Crippen LogP contribution in [0.2, 0.25) is 0 Å². The van der Waals surface area contributed by atoms with Gasteiger partial charge in [0.1, 0.15) is 5.75 Å². The summed E-state index contributed by atoms with van der Waals surface area (Å²) in [5.74, 6) is 0.661. The van der Waals surface area contributed by atoms with Crippen molar-refractivity contribution < 1.29 is 14.6 Å². The number of amides is 2. The van der Waals surface area contributed by atoms with E-state index >= 15 is 0 Å². The summed E-state index contributed by atoms with van der Waals surface area (Å²) in [5.41, 5.74) is 3.58. The van der Waals surface area contributed by atoms with Crippen LogP contribution in [0.25, 0.3) is 11.1 Å². The van der Waals surface area contributed by atoms with Crippen LogP contribution in [0.3, 0.4) is 0 Å². The molecule has 0 radical (unpaired) electrons. The van der Waals surface area contributed by atoms with Gasteiger partial charge in [0, 0.05) is 35.6 Å². The largest absolute Gasteiger partial charge is 0.496 e. The Balaban J connectivity index is 1.61. The number of aliphatic hydroxyl groups is 1. The van der Waals surface area contributed by atoms with Gasteiger partial charge in [-0.15, -0.1) is 0 Å². The number of H-pyrrole nitrogens is 1. The smallest absolute Gasteiger partial charge is 0.325 e. The fourth-order valence-electron chi connectivity index (χ4n) is 3.53. The number of nitrogens with one attached hydrogen (secondary N) is 1. The summed E-state index contributed by atoms with van der Waals surface area (Å²) in [7, 11) is 1.60. The number of ether oxygens (including phenoxy) is 1. The molecule has 28 heavy (non-hydrogen) atoms. The summed E-state index contributed by atoms with van der Waals surface area (Å²) in [5, 5.41) is 16.6. The highest BCUT2D eigenvalue weighted by atomic mass is 16.5. The Morgan fingerprint density at radius 2 is 2.07 bits per heavy atom. The average molecular weight is 378 g/mol. The zero-order valence-corrected chi connectivity index (χ0v) is 15.6. The highest BCUT2D eigenvalue weighted by Gasteiger charge is 2.37. The molecule has 7 heteroatoms. The van der Waals surface area contributed by atoms with Crippen molar-refractivity contribution in [3.8, 4) is 16.9 Å². The molecule has 0 saturated carbocycles. The van der Waals surface area contributed by atoms with Crippen LogP contribution in [0.1, 0.15) is 5.56 Å². The van der Waals surface area contributed by atoms with Crippen LogP contribution in [0.15, 0.2) is 60.9 Å². The van der Waals surface area contributed by atoms with Gasteiger partial charge in [-0.25, -0.2) is 4.79 Å². The van der Waals surface area contributed by atoms with E-state index in [1.165, 1.54) is 0 Å². The Morgan fingerprint density at radius 3 is 2.75 bits per heavy atom. The third-order valence-electron chi connectivity index (χ3n) is 5.02. The molecule has 144 valence electrons. The predicted molar refractivity (Wildman–Crippen MR) is 106 cm³/mol. The number of anilines is 1. The van der Waals surface area contributed by atoms with Gasteiger partial charge in [0.15, 0.2) is 0 Å². The van der Waals surface area contributed by atoms with Crippen LogP contribution in [-0.4, -0.2) is 52.5 Å². The maximum Gasteiger partial charge on any atom is 0.325 e. The number of urea groups is 1. The molecule has 0 bridgehead atoms. The molecule has 1 atom stereocenters. The van der Waals surface area contributed by atoms with E-state index in [9.17, 15) is 9.90 Å². The number of benzene rings is 2. The van der Waals surface area contributed by atoms with Crippen LogP contribution < -0.4 is 9.64 Å². The fraction of sp³-hybridized carbons (Fsp3) is 0.238. The van der Waals surface area contributed by atoms with Gasteiger partial charge >= 0.3 is 6.03 Å². The van der Waals surface area contributed by atoms with Crippen LogP contribution in [0.4, 0.5) is 10.5 Å². The Bertz CT molecular complexity index is 944. The molecule has 1 aliphatic rings. The second kappa shape index (κ2) is 7.74. The number of hydrogen-bond donors (Lipinski definition) is 2. The molecule has 2 aromatic carbocycles. The normalized spacial score (nSPS) is 16.6. The number of carbonyl (C=O) groups excluding carboxylic acids is 1. The molecular formula is C21H22N4O3. The molecule has 1 aliphatic heterocycles. The van der Waals surface area contributed by atoms with Gasteiger partial charge < -0.3 is 14.7 Å². The minimum absolute atomic E-state index is 0.0840. The fourth-order valence-corrected chi connectivity index (χ4v) is 3.53. The Hall–Kier alpha value is -3.32. The summed E-state index contributed by atoms with van der Waals surface area (Å²) in [6.07, 6.45) is 3.52. The highest BCUT2D eigenvalue weighted by Crippen LogP contribution is 2.35. The number of aliphatic hydroxyl groups excluding tert-OH is 1. The molecule has 1 aromatic heterocycles. The second-order valence-corrected chi connectivity index (χ2v) is 6.71. The first-order valence-corrected chi connectivity index (χ1v) is 9.11. The first-order valence-electron chi connectivity index (χ1n) is 9.11. The third kappa shape index (κ3) is 3.32. The lowest BCUT2D eigenvalue weighted by atomic mass is 10.1. The molecule has 3 aromatic rings. The molecule has 2 heterocycles. The van der Waals surface area contributed by atoms with Crippen LogP contribution in [0.5, 0.6) is 5.75 Å². The van der Waals surface area contributed by atoms with Crippen LogP contribution in [-0.2, 0) is 6.54 Å². The molecular weight excluding hydrogens is 356 g/mol. The Morgan fingerprint density at radius 1 is 1.25 bits per heavy atom. The minimum Gasteiger partial charge on any atom is -0.496 e. The molecule has 0 spiro atoms. The molecule has 1 unspecified atom stereocenters.